The van der Waals surface area contributed by atoms with Gasteiger partial charge < -0.3 is 15.0 Å². The van der Waals surface area contributed by atoms with E-state index in [1.54, 1.807) is 31.0 Å². The van der Waals surface area contributed by atoms with Crippen molar-refractivity contribution in [2.75, 3.05) is 20.1 Å². The zero-order valence-corrected chi connectivity index (χ0v) is 12.0. The maximum atomic E-state index is 13.9. The lowest BCUT2D eigenvalue weighted by Crippen LogP contribution is -2.38. The Balaban J connectivity index is 1.99. The van der Waals surface area contributed by atoms with Crippen molar-refractivity contribution in [3.8, 4) is 5.75 Å². The van der Waals surface area contributed by atoms with Crippen LogP contribution in [0.3, 0.4) is 0 Å². The number of carbonyl (C=O) groups is 1. The van der Waals surface area contributed by atoms with E-state index in [-0.39, 0.29) is 11.7 Å². The van der Waals surface area contributed by atoms with E-state index in [0.717, 1.165) is 31.5 Å². The van der Waals surface area contributed by atoms with E-state index in [4.69, 9.17) is 4.74 Å². The van der Waals surface area contributed by atoms with Gasteiger partial charge in [0, 0.05) is 19.6 Å². The third-order valence-corrected chi connectivity index (χ3v) is 3.45. The molecule has 0 radical (unpaired) electrons. The number of carbonyl (C=O) groups excluding carboxylic acids is 1. The average Bonchev–Trinajstić information content (AvgIpc) is 2.95. The summed E-state index contributed by atoms with van der Waals surface area (Å²) < 4.78 is 19.4. The van der Waals surface area contributed by atoms with E-state index in [1.807, 2.05) is 0 Å². The molecule has 0 aliphatic carbocycles. The van der Waals surface area contributed by atoms with E-state index in [2.05, 4.69) is 5.32 Å². The molecule has 1 heterocycles. The number of benzene rings is 1. The molecule has 1 N–H and O–H groups in total. The van der Waals surface area contributed by atoms with Gasteiger partial charge in [-0.05, 0) is 44.5 Å². The number of likely N-dealkylation sites (tertiary alicyclic amines) is 1. The molecule has 0 spiro atoms. The molecule has 1 saturated heterocycles. The lowest BCUT2D eigenvalue weighted by molar-refractivity contribution is -0.136. The molecule has 20 heavy (non-hydrogen) atoms. The van der Waals surface area contributed by atoms with E-state index in [1.165, 1.54) is 6.07 Å². The predicted molar refractivity (Wildman–Crippen MR) is 75.1 cm³/mol. The molecule has 1 aromatic rings. The normalized spacial score (nSPS) is 16.2. The molecule has 1 atom stereocenters. The molecule has 0 aromatic heterocycles. The van der Waals surface area contributed by atoms with Crippen LogP contribution in [0.1, 0.15) is 25.3 Å². The fourth-order valence-corrected chi connectivity index (χ4v) is 2.39. The first-order valence-electron chi connectivity index (χ1n) is 7.00. The number of hydrogen-bond donors (Lipinski definition) is 1. The molecule has 1 amide bonds. The third kappa shape index (κ3) is 3.48. The fraction of sp³-hybridized carbons (Fsp3) is 0.533. The molecule has 1 aliphatic rings. The summed E-state index contributed by atoms with van der Waals surface area (Å²) in [5, 5.41) is 2.96. The second-order valence-corrected chi connectivity index (χ2v) is 5.09. The Hall–Kier alpha value is -1.62. The van der Waals surface area contributed by atoms with Gasteiger partial charge in [0.2, 0.25) is 0 Å². The highest BCUT2D eigenvalue weighted by Crippen LogP contribution is 2.21. The van der Waals surface area contributed by atoms with E-state index in [9.17, 15) is 9.18 Å². The maximum absolute atomic E-state index is 13.9. The van der Waals surface area contributed by atoms with E-state index < -0.39 is 11.9 Å². The molecule has 0 bridgehead atoms. The Morgan fingerprint density at radius 2 is 2.15 bits per heavy atom. The number of ether oxygens (including phenoxy) is 1. The fourth-order valence-electron chi connectivity index (χ4n) is 2.39. The van der Waals surface area contributed by atoms with Crippen LogP contribution in [-0.4, -0.2) is 37.0 Å². The predicted octanol–water partition coefficient (Wildman–Crippen LogP) is 1.93. The van der Waals surface area contributed by atoms with Crippen molar-refractivity contribution in [1.82, 2.24) is 10.2 Å². The zero-order valence-electron chi connectivity index (χ0n) is 12.0. The summed E-state index contributed by atoms with van der Waals surface area (Å²) >= 11 is 0. The minimum Gasteiger partial charge on any atom is -0.478 e. The number of rotatable bonds is 5. The summed E-state index contributed by atoms with van der Waals surface area (Å²) in [5.74, 6) is -0.370. The van der Waals surface area contributed by atoms with Crippen LogP contribution >= 0.6 is 0 Å². The summed E-state index contributed by atoms with van der Waals surface area (Å²) in [4.78, 5) is 13.9. The molecule has 1 fully saturated rings. The van der Waals surface area contributed by atoms with Crippen LogP contribution < -0.4 is 10.1 Å². The monoisotopic (exact) mass is 280 g/mol. The Bertz CT molecular complexity index is 473. The van der Waals surface area contributed by atoms with Gasteiger partial charge >= 0.3 is 0 Å². The van der Waals surface area contributed by atoms with Crippen molar-refractivity contribution in [2.24, 2.45) is 0 Å². The number of nitrogens with one attached hydrogen (secondary N) is 1. The van der Waals surface area contributed by atoms with Gasteiger partial charge in [0.25, 0.3) is 5.91 Å². The maximum Gasteiger partial charge on any atom is 0.263 e. The highest BCUT2D eigenvalue weighted by molar-refractivity contribution is 5.81. The van der Waals surface area contributed by atoms with Gasteiger partial charge in [-0.3, -0.25) is 4.79 Å². The molecule has 1 aromatic carbocycles. The van der Waals surface area contributed by atoms with Crippen LogP contribution in [0.4, 0.5) is 4.39 Å². The second kappa shape index (κ2) is 6.70. The van der Waals surface area contributed by atoms with Gasteiger partial charge in [0.05, 0.1) is 0 Å². The first-order valence-corrected chi connectivity index (χ1v) is 7.00. The first-order chi connectivity index (χ1) is 9.61. The molecular weight excluding hydrogens is 259 g/mol. The Morgan fingerprint density at radius 3 is 2.75 bits per heavy atom. The highest BCUT2D eigenvalue weighted by Gasteiger charge is 2.25. The van der Waals surface area contributed by atoms with Crippen LogP contribution in [0, 0.1) is 5.82 Å². The van der Waals surface area contributed by atoms with Gasteiger partial charge in [-0.15, -0.1) is 0 Å². The molecule has 1 unspecified atom stereocenters. The summed E-state index contributed by atoms with van der Waals surface area (Å²) in [6, 6.07) is 4.80. The molecule has 2 rings (SSSR count). The van der Waals surface area contributed by atoms with Crippen molar-refractivity contribution in [1.29, 1.82) is 0 Å². The molecule has 5 heteroatoms. The Labute approximate surface area is 118 Å². The van der Waals surface area contributed by atoms with Gasteiger partial charge in [-0.1, -0.05) is 6.07 Å². The lowest BCUT2D eigenvalue weighted by Gasteiger charge is -2.21. The average molecular weight is 280 g/mol. The third-order valence-electron chi connectivity index (χ3n) is 3.45. The standard InChI is InChI=1S/C15H21FN2O2/c1-11(15(19)18-7-3-4-8-18)20-14-6-5-12(10-17-2)9-13(14)16/h5-6,9,11,17H,3-4,7-8,10H2,1-2H3. The minimum atomic E-state index is -0.655. The summed E-state index contributed by atoms with van der Waals surface area (Å²) in [7, 11) is 1.80. The van der Waals surface area contributed by atoms with Crippen molar-refractivity contribution in [3.63, 3.8) is 0 Å². The number of halogens is 1. The minimum absolute atomic E-state index is 0.0683. The molecule has 0 saturated carbocycles. The van der Waals surface area contributed by atoms with E-state index >= 15 is 0 Å². The molecular formula is C15H21FN2O2. The first kappa shape index (κ1) is 14.8. The van der Waals surface area contributed by atoms with Gasteiger partial charge in [0.15, 0.2) is 17.7 Å². The largest absolute Gasteiger partial charge is 0.478 e. The Morgan fingerprint density at radius 1 is 1.45 bits per heavy atom. The second-order valence-electron chi connectivity index (χ2n) is 5.09. The van der Waals surface area contributed by atoms with E-state index in [0.29, 0.717) is 6.54 Å². The Kier molecular flexibility index (Phi) is 4.95. The summed E-state index contributed by atoms with van der Waals surface area (Å²) in [6.07, 6.45) is 1.41. The van der Waals surface area contributed by atoms with Crippen molar-refractivity contribution < 1.29 is 13.9 Å². The van der Waals surface area contributed by atoms with Crippen LogP contribution in [0.15, 0.2) is 18.2 Å². The van der Waals surface area contributed by atoms with Crippen molar-refractivity contribution in [3.05, 3.63) is 29.6 Å². The van der Waals surface area contributed by atoms with Gasteiger partial charge in [-0.2, -0.15) is 0 Å². The van der Waals surface area contributed by atoms with Gasteiger partial charge in [0.1, 0.15) is 0 Å². The summed E-state index contributed by atoms with van der Waals surface area (Å²) in [5.41, 5.74) is 0.843. The lowest BCUT2D eigenvalue weighted by atomic mass is 10.2. The number of amides is 1. The quantitative estimate of drug-likeness (QED) is 0.896. The van der Waals surface area contributed by atoms with Crippen LogP contribution in [-0.2, 0) is 11.3 Å². The molecule has 1 aliphatic heterocycles. The SMILES string of the molecule is CNCc1ccc(OC(C)C(=O)N2CCCC2)c(F)c1. The number of hydrogen-bond acceptors (Lipinski definition) is 3. The van der Waals surface area contributed by atoms with Crippen LogP contribution in [0.25, 0.3) is 0 Å². The molecule has 4 nitrogen and oxygen atoms in total. The zero-order chi connectivity index (χ0) is 14.5. The topological polar surface area (TPSA) is 41.6 Å². The number of nitrogens with zero attached hydrogens (tertiary/aromatic N) is 1. The van der Waals surface area contributed by atoms with Crippen LogP contribution in [0.5, 0.6) is 5.75 Å². The van der Waals surface area contributed by atoms with Gasteiger partial charge in [-0.25, -0.2) is 4.39 Å². The van der Waals surface area contributed by atoms with Crippen LogP contribution in [0.2, 0.25) is 0 Å². The van der Waals surface area contributed by atoms with Crippen molar-refractivity contribution in [2.45, 2.75) is 32.4 Å². The summed E-state index contributed by atoms with van der Waals surface area (Å²) in [6.45, 7) is 3.81. The van der Waals surface area contributed by atoms with Crippen molar-refractivity contribution >= 4 is 5.91 Å². The smallest absolute Gasteiger partial charge is 0.263 e. The highest BCUT2D eigenvalue weighted by atomic mass is 19.1. The molecule has 110 valence electrons.